The lowest BCUT2D eigenvalue weighted by Crippen LogP contribution is -2.55. The number of thiocarbonyl (C=S) groups is 1. The molecule has 5 amide bonds. The maximum atomic E-state index is 15.3. The molecule has 1 aromatic heterocycles. The number of halogens is 4. The number of anilines is 3. The van der Waals surface area contributed by atoms with E-state index in [4.69, 9.17) is 17.5 Å². The molecule has 3 aliphatic heterocycles. The fraction of sp³-hybridized carbons (Fsp3) is 0.385. The van der Waals surface area contributed by atoms with E-state index in [2.05, 4.69) is 20.9 Å². The summed E-state index contributed by atoms with van der Waals surface area (Å²) in [5.74, 6) is -4.46. The summed E-state index contributed by atoms with van der Waals surface area (Å²) < 4.78 is 56.3. The third-order valence-corrected chi connectivity index (χ3v) is 10.5. The first-order chi connectivity index (χ1) is 27.5. The van der Waals surface area contributed by atoms with Crippen molar-refractivity contribution in [1.29, 1.82) is 5.26 Å². The molecule has 2 aromatic carbocycles. The zero-order chi connectivity index (χ0) is 42.1. The van der Waals surface area contributed by atoms with Gasteiger partial charge < -0.3 is 26.0 Å². The van der Waals surface area contributed by atoms with Gasteiger partial charge in [-0.3, -0.25) is 38.8 Å². The minimum atomic E-state index is -5.20. The maximum absolute atomic E-state index is 15.3. The SMILES string of the molecule is CC1(C)C(=O)N(c2ccc(C#N)c(C(F)(F)F)c2F)C(=S)N1c1ccc(CCCC(=O)NCCCCNc2cccc3c2C(=O)N(C2CCC(O)NC2=O)C3=O)nc1. The van der Waals surface area contributed by atoms with Gasteiger partial charge >= 0.3 is 6.18 Å². The summed E-state index contributed by atoms with van der Waals surface area (Å²) in [7, 11) is 0. The fourth-order valence-corrected chi connectivity index (χ4v) is 7.74. The van der Waals surface area contributed by atoms with Crippen LogP contribution < -0.4 is 25.8 Å². The van der Waals surface area contributed by atoms with Crippen molar-refractivity contribution in [3.63, 3.8) is 0 Å². The molecule has 2 atom stereocenters. The van der Waals surface area contributed by atoms with Gasteiger partial charge in [-0.05, 0) is 101 Å². The predicted octanol–water partition coefficient (Wildman–Crippen LogP) is 4.55. The van der Waals surface area contributed by atoms with E-state index in [1.54, 1.807) is 24.3 Å². The summed E-state index contributed by atoms with van der Waals surface area (Å²) >= 11 is 5.48. The molecule has 0 aliphatic carbocycles. The molecule has 304 valence electrons. The Labute approximate surface area is 335 Å². The number of hydrogen-bond donors (Lipinski definition) is 4. The van der Waals surface area contributed by atoms with Crippen LogP contribution in [0.4, 0.5) is 34.6 Å². The van der Waals surface area contributed by atoms with Crippen LogP contribution in [0.3, 0.4) is 0 Å². The Morgan fingerprint density at radius 2 is 1.79 bits per heavy atom. The number of aromatic nitrogens is 1. The van der Waals surface area contributed by atoms with Gasteiger partial charge in [-0.2, -0.15) is 18.4 Å². The number of piperidine rings is 1. The van der Waals surface area contributed by atoms with E-state index in [1.807, 2.05) is 0 Å². The number of pyridine rings is 1. The summed E-state index contributed by atoms with van der Waals surface area (Å²) in [5.41, 5.74) is -3.07. The number of imide groups is 1. The molecule has 0 radical (unpaired) electrons. The van der Waals surface area contributed by atoms with E-state index in [9.17, 15) is 42.3 Å². The molecule has 0 bridgehead atoms. The third kappa shape index (κ3) is 7.94. The normalized spacial score (nSPS) is 19.0. The number of carbonyl (C=O) groups excluding carboxylic acids is 5. The second-order valence-electron chi connectivity index (χ2n) is 14.4. The number of rotatable bonds is 13. The second-order valence-corrected chi connectivity index (χ2v) is 14.8. The molecule has 3 aliphatic rings. The number of hydrogen-bond acceptors (Lipinski definition) is 10. The average Bonchev–Trinajstić information content (AvgIpc) is 3.52. The molecule has 0 saturated carbocycles. The Bertz CT molecular complexity index is 2230. The van der Waals surface area contributed by atoms with E-state index in [1.165, 1.54) is 37.1 Å². The minimum absolute atomic E-state index is 0.158. The molecule has 4 N–H and O–H groups in total. The summed E-state index contributed by atoms with van der Waals surface area (Å²) in [4.78, 5) is 72.1. The number of amides is 5. The van der Waals surface area contributed by atoms with Gasteiger partial charge in [-0.15, -0.1) is 0 Å². The molecule has 2 unspecified atom stereocenters. The number of benzene rings is 2. The predicted molar refractivity (Wildman–Crippen MR) is 205 cm³/mol. The van der Waals surface area contributed by atoms with E-state index in [0.717, 1.165) is 17.0 Å². The molecule has 2 saturated heterocycles. The largest absolute Gasteiger partial charge is 0.420 e. The van der Waals surface area contributed by atoms with Gasteiger partial charge in [0.25, 0.3) is 17.7 Å². The summed E-state index contributed by atoms with van der Waals surface area (Å²) in [6, 6.07) is 10.2. The Morgan fingerprint density at radius 1 is 1.05 bits per heavy atom. The number of carbonyl (C=O) groups is 5. The van der Waals surface area contributed by atoms with Crippen LogP contribution in [-0.2, 0) is 27.0 Å². The van der Waals surface area contributed by atoms with Crippen molar-refractivity contribution in [2.45, 2.75) is 82.8 Å². The number of nitrogens with one attached hydrogen (secondary N) is 3. The molecule has 19 heteroatoms. The highest BCUT2D eigenvalue weighted by Gasteiger charge is 2.52. The standard InChI is InChI=1S/C39H38F4N8O6S/c1-38(2)36(57)50(26-14-11-21(19-44)31(32(26)40)39(41,42)43)37(58)51(38)23-13-12-22(47-20-23)7-5-10-28(52)46-18-4-3-17-45-25-9-6-8-24-30(25)35(56)49(34(24)55)27-15-16-29(53)48-33(27)54/h6,8-9,11-14,20,27,29,45,53H,3-5,7,10,15-18H2,1-2H3,(H,46,52)(H,48,54). The molecule has 58 heavy (non-hydrogen) atoms. The van der Waals surface area contributed by atoms with E-state index in [-0.39, 0.29) is 41.4 Å². The number of nitrogens with zero attached hydrogens (tertiary/aromatic N) is 5. The van der Waals surface area contributed by atoms with Crippen molar-refractivity contribution < 1.29 is 46.6 Å². The quantitative estimate of drug-likeness (QED) is 0.0820. The van der Waals surface area contributed by atoms with Crippen LogP contribution in [-0.4, -0.2) is 80.5 Å². The van der Waals surface area contributed by atoms with Gasteiger partial charge in [0, 0.05) is 30.9 Å². The lowest BCUT2D eigenvalue weighted by molar-refractivity contribution is -0.140. The van der Waals surface area contributed by atoms with Crippen molar-refractivity contribution in [2.75, 3.05) is 28.2 Å². The molecule has 3 aromatic rings. The summed E-state index contributed by atoms with van der Waals surface area (Å²) in [6.07, 6.45) is -2.05. The topological polar surface area (TPSA) is 188 Å². The highest BCUT2D eigenvalue weighted by Crippen LogP contribution is 2.42. The number of aryl methyl sites for hydroxylation is 1. The van der Waals surface area contributed by atoms with Crippen LogP contribution >= 0.6 is 12.2 Å². The Morgan fingerprint density at radius 3 is 2.47 bits per heavy atom. The van der Waals surface area contributed by atoms with Crippen LogP contribution in [0.2, 0.25) is 0 Å². The smallest absolute Gasteiger partial charge is 0.384 e. The van der Waals surface area contributed by atoms with E-state index in [0.29, 0.717) is 60.7 Å². The molecule has 0 spiro atoms. The van der Waals surface area contributed by atoms with Gasteiger partial charge in [0.05, 0.1) is 40.3 Å². The Kier molecular flexibility index (Phi) is 11.8. The third-order valence-electron chi connectivity index (χ3n) is 10.2. The number of fused-ring (bicyclic) bond motifs is 1. The minimum Gasteiger partial charge on any atom is -0.384 e. The van der Waals surface area contributed by atoms with Gasteiger partial charge in [-0.1, -0.05) is 6.07 Å². The lowest BCUT2D eigenvalue weighted by Gasteiger charge is -2.31. The number of unbranched alkanes of at least 4 members (excludes halogenated alkanes) is 1. The van der Waals surface area contributed by atoms with Crippen LogP contribution in [0.15, 0.2) is 48.7 Å². The molecular formula is C39H38F4N8O6S. The van der Waals surface area contributed by atoms with Gasteiger partial charge in [0.15, 0.2) is 10.9 Å². The number of nitriles is 1. The first kappa shape index (κ1) is 41.6. The monoisotopic (exact) mass is 822 g/mol. The molecule has 2 fully saturated rings. The second kappa shape index (κ2) is 16.5. The maximum Gasteiger partial charge on any atom is 0.420 e. The number of aliphatic hydroxyl groups is 1. The van der Waals surface area contributed by atoms with Crippen LogP contribution in [0.25, 0.3) is 0 Å². The van der Waals surface area contributed by atoms with Crippen molar-refractivity contribution in [3.05, 3.63) is 82.4 Å². The zero-order valence-electron chi connectivity index (χ0n) is 31.3. The Balaban J connectivity index is 0.952. The van der Waals surface area contributed by atoms with Crippen molar-refractivity contribution in [3.8, 4) is 6.07 Å². The number of aliphatic hydroxyl groups excluding tert-OH is 1. The van der Waals surface area contributed by atoms with Crippen LogP contribution in [0.5, 0.6) is 0 Å². The first-order valence-corrected chi connectivity index (χ1v) is 18.8. The fourth-order valence-electron chi connectivity index (χ4n) is 7.22. The number of alkyl halides is 3. The highest BCUT2D eigenvalue weighted by atomic mass is 32.1. The lowest BCUT2D eigenvalue weighted by atomic mass is 10.0. The molecule has 6 rings (SSSR count). The molecule has 14 nitrogen and oxygen atoms in total. The van der Waals surface area contributed by atoms with Crippen molar-refractivity contribution in [1.82, 2.24) is 20.5 Å². The first-order valence-electron chi connectivity index (χ1n) is 18.4. The van der Waals surface area contributed by atoms with Crippen molar-refractivity contribution >= 4 is 63.9 Å². The van der Waals surface area contributed by atoms with E-state index < -0.39 is 70.2 Å². The molecule has 4 heterocycles. The average molecular weight is 823 g/mol. The summed E-state index contributed by atoms with van der Waals surface area (Å²) in [6.45, 7) is 3.82. The summed E-state index contributed by atoms with van der Waals surface area (Å²) in [5, 5.41) is 26.9. The Hall–Kier alpha value is -6.00. The zero-order valence-corrected chi connectivity index (χ0v) is 32.1. The van der Waals surface area contributed by atoms with Gasteiger partial charge in [0.1, 0.15) is 23.4 Å². The van der Waals surface area contributed by atoms with Gasteiger partial charge in [0.2, 0.25) is 11.8 Å². The molecular weight excluding hydrogens is 785 g/mol. The van der Waals surface area contributed by atoms with Crippen molar-refractivity contribution in [2.24, 2.45) is 0 Å². The van der Waals surface area contributed by atoms with Gasteiger partial charge in [-0.25, -0.2) is 4.39 Å². The van der Waals surface area contributed by atoms with Crippen LogP contribution in [0, 0.1) is 17.1 Å². The highest BCUT2D eigenvalue weighted by molar-refractivity contribution is 7.81. The van der Waals surface area contributed by atoms with Crippen LogP contribution in [0.1, 0.15) is 89.9 Å². The van der Waals surface area contributed by atoms with E-state index >= 15 is 4.39 Å².